The van der Waals surface area contributed by atoms with Gasteiger partial charge in [0.25, 0.3) is 5.91 Å². The van der Waals surface area contributed by atoms with E-state index in [1.54, 1.807) is 6.07 Å². The molecule has 1 amide bonds. The van der Waals surface area contributed by atoms with Gasteiger partial charge >= 0.3 is 0 Å². The van der Waals surface area contributed by atoms with Crippen LogP contribution in [0.25, 0.3) is 0 Å². The Morgan fingerprint density at radius 3 is 3.00 bits per heavy atom. The average molecular weight is 234 g/mol. The molecule has 2 N–H and O–H groups in total. The van der Waals surface area contributed by atoms with Gasteiger partial charge in [-0.1, -0.05) is 11.6 Å². The van der Waals surface area contributed by atoms with Crippen LogP contribution in [-0.4, -0.2) is 36.6 Å². The van der Waals surface area contributed by atoms with E-state index in [2.05, 4.69) is 0 Å². The Morgan fingerprint density at radius 1 is 1.53 bits per heavy atom. The number of anilines is 1. The van der Waals surface area contributed by atoms with Crippen LogP contribution in [0.2, 0.25) is 0 Å². The summed E-state index contributed by atoms with van der Waals surface area (Å²) in [7, 11) is 0. The first-order valence-electron chi connectivity index (χ1n) is 5.84. The Bertz CT molecular complexity index is 431. The molecule has 1 aliphatic rings. The van der Waals surface area contributed by atoms with Crippen LogP contribution in [-0.2, 0) is 4.74 Å². The van der Waals surface area contributed by atoms with E-state index in [4.69, 9.17) is 10.5 Å². The van der Waals surface area contributed by atoms with Crippen molar-refractivity contribution in [1.82, 2.24) is 4.90 Å². The Hall–Kier alpha value is -1.55. The molecule has 1 unspecified atom stereocenters. The Morgan fingerprint density at radius 2 is 2.29 bits per heavy atom. The summed E-state index contributed by atoms with van der Waals surface area (Å²) in [5.74, 6) is 0.00185. The van der Waals surface area contributed by atoms with Crippen LogP contribution in [0.4, 0.5) is 5.69 Å². The maximum atomic E-state index is 12.4. The van der Waals surface area contributed by atoms with E-state index in [0.717, 1.165) is 5.56 Å². The fraction of sp³-hybridized carbons (Fsp3) is 0.462. The van der Waals surface area contributed by atoms with Crippen molar-refractivity contribution < 1.29 is 9.53 Å². The highest BCUT2D eigenvalue weighted by atomic mass is 16.5. The first-order valence-corrected chi connectivity index (χ1v) is 5.84. The lowest BCUT2D eigenvalue weighted by atomic mass is 10.1. The molecular formula is C13H18N2O2. The molecule has 17 heavy (non-hydrogen) atoms. The highest BCUT2D eigenvalue weighted by Crippen LogP contribution is 2.18. The molecule has 1 saturated heterocycles. The molecule has 1 heterocycles. The zero-order valence-corrected chi connectivity index (χ0v) is 10.3. The van der Waals surface area contributed by atoms with Crippen molar-refractivity contribution in [3.63, 3.8) is 0 Å². The second kappa shape index (κ2) is 4.75. The van der Waals surface area contributed by atoms with Crippen LogP contribution >= 0.6 is 0 Å². The van der Waals surface area contributed by atoms with Crippen LogP contribution in [0.5, 0.6) is 0 Å². The number of ether oxygens (including phenoxy) is 1. The molecule has 0 bridgehead atoms. The van der Waals surface area contributed by atoms with E-state index in [1.165, 1.54) is 0 Å². The third-order valence-electron chi connectivity index (χ3n) is 3.07. The van der Waals surface area contributed by atoms with Gasteiger partial charge in [0.2, 0.25) is 0 Å². The predicted molar refractivity (Wildman–Crippen MR) is 66.9 cm³/mol. The second-order valence-corrected chi connectivity index (χ2v) is 4.51. The van der Waals surface area contributed by atoms with Crippen molar-refractivity contribution in [3.8, 4) is 0 Å². The van der Waals surface area contributed by atoms with Gasteiger partial charge in [-0.25, -0.2) is 0 Å². The van der Waals surface area contributed by atoms with E-state index in [1.807, 2.05) is 30.9 Å². The monoisotopic (exact) mass is 234 g/mol. The number of rotatable bonds is 1. The summed E-state index contributed by atoms with van der Waals surface area (Å²) in [6.07, 6.45) is 0. The number of aryl methyl sites for hydroxylation is 1. The number of amides is 1. The van der Waals surface area contributed by atoms with Crippen LogP contribution in [0.1, 0.15) is 22.8 Å². The third kappa shape index (κ3) is 2.42. The van der Waals surface area contributed by atoms with Gasteiger partial charge in [0.15, 0.2) is 0 Å². The van der Waals surface area contributed by atoms with Crippen LogP contribution in [0.15, 0.2) is 18.2 Å². The van der Waals surface area contributed by atoms with Gasteiger partial charge in [-0.15, -0.1) is 0 Å². The Kier molecular flexibility index (Phi) is 3.33. The van der Waals surface area contributed by atoms with Gasteiger partial charge in [-0.3, -0.25) is 4.79 Å². The predicted octanol–water partition coefficient (Wildman–Crippen LogP) is 1.44. The average Bonchev–Trinajstić information content (AvgIpc) is 2.32. The molecule has 1 aromatic carbocycles. The number of benzene rings is 1. The molecule has 4 heteroatoms. The maximum Gasteiger partial charge on any atom is 0.256 e. The second-order valence-electron chi connectivity index (χ2n) is 4.51. The van der Waals surface area contributed by atoms with Crippen molar-refractivity contribution in [1.29, 1.82) is 0 Å². The Balaban J connectivity index is 2.26. The van der Waals surface area contributed by atoms with E-state index in [-0.39, 0.29) is 11.9 Å². The van der Waals surface area contributed by atoms with Gasteiger partial charge < -0.3 is 15.4 Å². The molecular weight excluding hydrogens is 216 g/mol. The minimum absolute atomic E-state index is 0.00185. The minimum Gasteiger partial charge on any atom is -0.398 e. The van der Waals surface area contributed by atoms with E-state index < -0.39 is 0 Å². The normalized spacial score (nSPS) is 20.4. The molecule has 0 aliphatic carbocycles. The van der Waals surface area contributed by atoms with Crippen LogP contribution < -0.4 is 5.73 Å². The molecule has 4 nitrogen and oxygen atoms in total. The standard InChI is InChI=1S/C13H18N2O2/c1-9-3-4-12(14)11(7-9)13(16)15-5-6-17-8-10(15)2/h3-4,7,10H,5-6,8,14H2,1-2H3. The van der Waals surface area contributed by atoms with Gasteiger partial charge in [0, 0.05) is 12.2 Å². The highest BCUT2D eigenvalue weighted by molar-refractivity contribution is 5.99. The number of nitrogens with two attached hydrogens (primary N) is 1. The van der Waals surface area contributed by atoms with E-state index in [9.17, 15) is 4.79 Å². The summed E-state index contributed by atoms with van der Waals surface area (Å²) < 4.78 is 5.33. The van der Waals surface area contributed by atoms with E-state index >= 15 is 0 Å². The number of nitrogen functional groups attached to an aromatic ring is 1. The first-order chi connectivity index (χ1) is 8.09. The number of carbonyl (C=O) groups is 1. The van der Waals surface area contributed by atoms with E-state index in [0.29, 0.717) is 31.0 Å². The largest absolute Gasteiger partial charge is 0.398 e. The number of hydrogen-bond donors (Lipinski definition) is 1. The van der Waals surface area contributed by atoms with Crippen LogP contribution in [0, 0.1) is 6.92 Å². The number of carbonyl (C=O) groups excluding carboxylic acids is 1. The third-order valence-corrected chi connectivity index (χ3v) is 3.07. The molecule has 1 aromatic rings. The molecule has 0 spiro atoms. The number of morpholine rings is 1. The lowest BCUT2D eigenvalue weighted by molar-refractivity contribution is 0.00365. The minimum atomic E-state index is 0.00185. The smallest absolute Gasteiger partial charge is 0.256 e. The van der Waals surface area contributed by atoms with Crippen molar-refractivity contribution >= 4 is 11.6 Å². The summed E-state index contributed by atoms with van der Waals surface area (Å²) in [4.78, 5) is 14.2. The quantitative estimate of drug-likeness (QED) is 0.748. The zero-order chi connectivity index (χ0) is 12.4. The maximum absolute atomic E-state index is 12.4. The first kappa shape index (κ1) is 11.9. The molecule has 1 atom stereocenters. The van der Waals surface area contributed by atoms with Crippen molar-refractivity contribution in [3.05, 3.63) is 29.3 Å². The SMILES string of the molecule is Cc1ccc(N)c(C(=O)N2CCOCC2C)c1. The van der Waals surface area contributed by atoms with Crippen molar-refractivity contribution in [2.24, 2.45) is 0 Å². The zero-order valence-electron chi connectivity index (χ0n) is 10.3. The fourth-order valence-electron chi connectivity index (χ4n) is 2.04. The van der Waals surface area contributed by atoms with Gasteiger partial charge in [-0.2, -0.15) is 0 Å². The van der Waals surface area contributed by atoms with Gasteiger partial charge in [0.1, 0.15) is 0 Å². The highest BCUT2D eigenvalue weighted by Gasteiger charge is 2.25. The van der Waals surface area contributed by atoms with Crippen molar-refractivity contribution in [2.45, 2.75) is 19.9 Å². The molecule has 92 valence electrons. The summed E-state index contributed by atoms with van der Waals surface area (Å²) in [5.41, 5.74) is 8.05. The number of hydrogen-bond acceptors (Lipinski definition) is 3. The van der Waals surface area contributed by atoms with Gasteiger partial charge in [0.05, 0.1) is 24.8 Å². The molecule has 0 aromatic heterocycles. The summed E-state index contributed by atoms with van der Waals surface area (Å²) >= 11 is 0. The summed E-state index contributed by atoms with van der Waals surface area (Å²) in [6.45, 7) is 5.77. The lowest BCUT2D eigenvalue weighted by Crippen LogP contribution is -2.47. The topological polar surface area (TPSA) is 55.6 Å². The summed E-state index contributed by atoms with van der Waals surface area (Å²) in [5, 5.41) is 0. The fourth-order valence-corrected chi connectivity index (χ4v) is 2.04. The van der Waals surface area contributed by atoms with Crippen molar-refractivity contribution in [2.75, 3.05) is 25.5 Å². The van der Waals surface area contributed by atoms with Crippen LogP contribution in [0.3, 0.4) is 0 Å². The van der Waals surface area contributed by atoms with Gasteiger partial charge in [-0.05, 0) is 26.0 Å². The summed E-state index contributed by atoms with van der Waals surface area (Å²) in [6, 6.07) is 5.65. The number of nitrogens with zero attached hydrogens (tertiary/aromatic N) is 1. The Labute approximate surface area is 101 Å². The molecule has 0 radical (unpaired) electrons. The molecule has 1 aliphatic heterocycles. The lowest BCUT2D eigenvalue weighted by Gasteiger charge is -2.33. The molecule has 2 rings (SSSR count). The molecule has 0 saturated carbocycles. The molecule has 1 fully saturated rings.